The van der Waals surface area contributed by atoms with Crippen LogP contribution < -0.4 is 5.32 Å². The van der Waals surface area contributed by atoms with Crippen molar-refractivity contribution in [1.82, 2.24) is 19.8 Å². The Kier molecular flexibility index (Phi) is 3.06. The van der Waals surface area contributed by atoms with Gasteiger partial charge in [-0.1, -0.05) is 12.8 Å². The summed E-state index contributed by atoms with van der Waals surface area (Å²) in [5.74, 6) is 1.61. The number of aromatic nitrogens is 4. The molecule has 2 aliphatic rings. The average Bonchev–Trinajstić information content (AvgIpc) is 3.04. The van der Waals surface area contributed by atoms with Crippen LogP contribution in [0.4, 0.5) is 5.82 Å². The summed E-state index contributed by atoms with van der Waals surface area (Å²) in [5, 5.41) is 12.3. The lowest BCUT2D eigenvalue weighted by Gasteiger charge is -2.38. The molecule has 21 heavy (non-hydrogen) atoms. The van der Waals surface area contributed by atoms with Crippen molar-refractivity contribution >= 4 is 11.5 Å². The first-order valence-corrected chi connectivity index (χ1v) is 7.84. The summed E-state index contributed by atoms with van der Waals surface area (Å²) < 4.78 is 7.68. The lowest BCUT2D eigenvalue weighted by molar-refractivity contribution is -0.0767. The summed E-state index contributed by atoms with van der Waals surface area (Å²) in [6.45, 7) is 2.73. The largest absolute Gasteiger partial charge is 0.375 e. The fraction of sp³-hybridized carbons (Fsp3) is 0.667. The molecule has 4 rings (SSSR count). The van der Waals surface area contributed by atoms with Crippen molar-refractivity contribution in [2.45, 2.75) is 57.1 Å². The molecular weight excluding hydrogens is 266 g/mol. The van der Waals surface area contributed by atoms with Crippen molar-refractivity contribution in [2.75, 3.05) is 11.9 Å². The van der Waals surface area contributed by atoms with Crippen LogP contribution in [0.15, 0.2) is 12.1 Å². The Balaban J connectivity index is 1.51. The van der Waals surface area contributed by atoms with Crippen LogP contribution in [-0.2, 0) is 4.74 Å². The van der Waals surface area contributed by atoms with E-state index in [1.165, 1.54) is 25.7 Å². The molecule has 1 spiro atoms. The fourth-order valence-corrected chi connectivity index (χ4v) is 3.69. The summed E-state index contributed by atoms with van der Waals surface area (Å²) in [7, 11) is 0. The number of ether oxygens (including phenoxy) is 1. The number of nitrogens with one attached hydrogen (secondary N) is 1. The number of fused-ring (bicyclic) bond motifs is 1. The van der Waals surface area contributed by atoms with Crippen molar-refractivity contribution in [3.8, 4) is 0 Å². The molecule has 2 aromatic heterocycles. The van der Waals surface area contributed by atoms with Crippen molar-refractivity contribution in [3.63, 3.8) is 0 Å². The van der Waals surface area contributed by atoms with E-state index in [0.717, 1.165) is 36.7 Å². The second-order valence-corrected chi connectivity index (χ2v) is 6.30. The van der Waals surface area contributed by atoms with Crippen molar-refractivity contribution < 1.29 is 4.74 Å². The van der Waals surface area contributed by atoms with E-state index in [1.807, 2.05) is 19.1 Å². The maximum atomic E-state index is 6.08. The van der Waals surface area contributed by atoms with Gasteiger partial charge in [-0.25, -0.2) is 4.98 Å². The Morgan fingerprint density at radius 2 is 2.14 bits per heavy atom. The predicted molar refractivity (Wildman–Crippen MR) is 79.3 cm³/mol. The topological polar surface area (TPSA) is 64.3 Å². The molecular formula is C15H21N5O. The third-order valence-corrected chi connectivity index (χ3v) is 4.67. The van der Waals surface area contributed by atoms with E-state index in [4.69, 9.17) is 4.74 Å². The molecule has 1 atom stereocenters. The normalized spacial score (nSPS) is 24.7. The van der Waals surface area contributed by atoms with Crippen LogP contribution in [-0.4, -0.2) is 38.1 Å². The van der Waals surface area contributed by atoms with Crippen molar-refractivity contribution in [3.05, 3.63) is 18.0 Å². The van der Waals surface area contributed by atoms with Gasteiger partial charge in [0.1, 0.15) is 11.6 Å². The first kappa shape index (κ1) is 13.0. The van der Waals surface area contributed by atoms with Crippen LogP contribution in [0.2, 0.25) is 0 Å². The van der Waals surface area contributed by atoms with Gasteiger partial charge >= 0.3 is 0 Å². The van der Waals surface area contributed by atoms with Crippen LogP contribution >= 0.6 is 0 Å². The maximum Gasteiger partial charge on any atom is 0.176 e. The average molecular weight is 287 g/mol. The molecule has 1 aliphatic carbocycles. The van der Waals surface area contributed by atoms with E-state index in [0.29, 0.717) is 6.04 Å². The predicted octanol–water partition coefficient (Wildman–Crippen LogP) is 2.34. The Hall–Kier alpha value is -1.69. The highest BCUT2D eigenvalue weighted by Crippen LogP contribution is 2.40. The number of hydrogen-bond donors (Lipinski definition) is 1. The lowest BCUT2D eigenvalue weighted by Crippen LogP contribution is -2.42. The minimum atomic E-state index is 0.129. The molecule has 2 fully saturated rings. The van der Waals surface area contributed by atoms with Crippen LogP contribution in [0, 0.1) is 6.92 Å². The van der Waals surface area contributed by atoms with Gasteiger partial charge in [0, 0.05) is 12.6 Å². The third-order valence-electron chi connectivity index (χ3n) is 4.67. The summed E-state index contributed by atoms with van der Waals surface area (Å²) in [4.78, 5) is 4.30. The van der Waals surface area contributed by atoms with Gasteiger partial charge in [-0.3, -0.25) is 0 Å². The molecule has 112 valence electrons. The minimum Gasteiger partial charge on any atom is -0.375 e. The van der Waals surface area contributed by atoms with Gasteiger partial charge < -0.3 is 10.1 Å². The second kappa shape index (κ2) is 4.94. The lowest BCUT2D eigenvalue weighted by atomic mass is 9.89. The molecule has 6 heteroatoms. The number of anilines is 1. The molecule has 1 aliphatic heterocycles. The van der Waals surface area contributed by atoms with Gasteiger partial charge in [0.15, 0.2) is 5.65 Å². The molecule has 3 heterocycles. The van der Waals surface area contributed by atoms with E-state index in [-0.39, 0.29) is 5.60 Å². The SMILES string of the molecule is Cc1nc2ccc(N[C@@H]3CCOC4(CCCC4)C3)nn2n1. The first-order valence-electron chi connectivity index (χ1n) is 7.84. The van der Waals surface area contributed by atoms with Gasteiger partial charge in [-0.05, 0) is 44.7 Å². The molecule has 2 aromatic rings. The number of nitrogens with zero attached hydrogens (tertiary/aromatic N) is 4. The molecule has 0 unspecified atom stereocenters. The second-order valence-electron chi connectivity index (χ2n) is 6.30. The van der Waals surface area contributed by atoms with Gasteiger partial charge in [0.05, 0.1) is 5.60 Å². The number of aryl methyl sites for hydroxylation is 1. The zero-order valence-electron chi connectivity index (χ0n) is 12.4. The summed E-state index contributed by atoms with van der Waals surface area (Å²) in [6.07, 6.45) is 7.14. The molecule has 0 aromatic carbocycles. The van der Waals surface area contributed by atoms with Gasteiger partial charge in [-0.15, -0.1) is 14.8 Å². The minimum absolute atomic E-state index is 0.129. The summed E-state index contributed by atoms with van der Waals surface area (Å²) in [6, 6.07) is 4.38. The summed E-state index contributed by atoms with van der Waals surface area (Å²) >= 11 is 0. The van der Waals surface area contributed by atoms with Crippen molar-refractivity contribution in [2.24, 2.45) is 0 Å². The van der Waals surface area contributed by atoms with E-state index in [9.17, 15) is 0 Å². The number of hydrogen-bond acceptors (Lipinski definition) is 5. The quantitative estimate of drug-likeness (QED) is 0.918. The van der Waals surface area contributed by atoms with E-state index >= 15 is 0 Å². The fourth-order valence-electron chi connectivity index (χ4n) is 3.69. The Morgan fingerprint density at radius 3 is 3.00 bits per heavy atom. The Labute approximate surface area is 123 Å². The van der Waals surface area contributed by atoms with E-state index in [2.05, 4.69) is 20.5 Å². The monoisotopic (exact) mass is 287 g/mol. The Morgan fingerprint density at radius 1 is 1.29 bits per heavy atom. The number of rotatable bonds is 2. The zero-order chi connectivity index (χ0) is 14.3. The van der Waals surface area contributed by atoms with Crippen LogP contribution in [0.3, 0.4) is 0 Å². The molecule has 0 radical (unpaired) electrons. The summed E-state index contributed by atoms with van der Waals surface area (Å²) in [5.41, 5.74) is 0.918. The first-order chi connectivity index (χ1) is 10.2. The highest BCUT2D eigenvalue weighted by Gasteiger charge is 2.39. The Bertz CT molecular complexity index is 647. The zero-order valence-corrected chi connectivity index (χ0v) is 12.4. The molecule has 1 saturated heterocycles. The van der Waals surface area contributed by atoms with Gasteiger partial charge in [0.2, 0.25) is 0 Å². The van der Waals surface area contributed by atoms with Crippen molar-refractivity contribution in [1.29, 1.82) is 0 Å². The van der Waals surface area contributed by atoms with E-state index in [1.54, 1.807) is 4.63 Å². The van der Waals surface area contributed by atoms with Crippen LogP contribution in [0.25, 0.3) is 5.65 Å². The van der Waals surface area contributed by atoms with Crippen LogP contribution in [0.5, 0.6) is 0 Å². The third kappa shape index (κ3) is 2.48. The molecule has 0 bridgehead atoms. The molecule has 6 nitrogen and oxygen atoms in total. The molecule has 0 amide bonds. The van der Waals surface area contributed by atoms with Gasteiger partial charge in [0.25, 0.3) is 0 Å². The maximum absolute atomic E-state index is 6.08. The smallest absolute Gasteiger partial charge is 0.176 e. The molecule has 1 saturated carbocycles. The van der Waals surface area contributed by atoms with Crippen LogP contribution in [0.1, 0.15) is 44.3 Å². The standard InChI is InChI=1S/C15H21N5O/c1-11-16-14-5-4-13(19-20(14)18-11)17-12-6-9-21-15(10-12)7-2-3-8-15/h4-5,12H,2-3,6-10H2,1H3,(H,17,19)/t12-/m1/s1. The highest BCUT2D eigenvalue weighted by atomic mass is 16.5. The highest BCUT2D eigenvalue weighted by molar-refractivity contribution is 5.44. The van der Waals surface area contributed by atoms with E-state index < -0.39 is 0 Å². The van der Waals surface area contributed by atoms with Gasteiger partial charge in [-0.2, -0.15) is 0 Å². The molecule has 1 N–H and O–H groups in total.